The molecule has 0 saturated carbocycles. The van der Waals surface area contributed by atoms with Gasteiger partial charge in [0.25, 0.3) is 11.8 Å². The number of anilines is 1. The van der Waals surface area contributed by atoms with Gasteiger partial charge >= 0.3 is 0 Å². The SMILES string of the molecule is CCCCOCCCN1C(=O)C(Nc2ccc(OC)c(OC)c2)=C(c2ccccc2)C1=O. The standard InChI is InChI=1S/C25H30N2O5/c1-4-5-15-32-16-9-14-27-24(28)22(18-10-7-6-8-11-18)23(25(27)29)26-19-12-13-20(30-2)21(17-19)31-3/h6-8,10-13,17,26H,4-5,9,14-16H2,1-3H3. The van der Waals surface area contributed by atoms with Crippen molar-refractivity contribution in [2.75, 3.05) is 39.3 Å². The normalized spacial score (nSPS) is 13.7. The first-order valence-electron chi connectivity index (χ1n) is 10.8. The number of rotatable bonds is 12. The number of ether oxygens (including phenoxy) is 3. The Balaban J connectivity index is 1.84. The van der Waals surface area contributed by atoms with Crippen LogP contribution >= 0.6 is 0 Å². The molecule has 2 aromatic rings. The van der Waals surface area contributed by atoms with Gasteiger partial charge < -0.3 is 19.5 Å². The van der Waals surface area contributed by atoms with Gasteiger partial charge in [0.15, 0.2) is 11.5 Å². The smallest absolute Gasteiger partial charge is 0.278 e. The number of nitrogens with zero attached hydrogens (tertiary/aromatic N) is 1. The van der Waals surface area contributed by atoms with E-state index < -0.39 is 0 Å². The van der Waals surface area contributed by atoms with E-state index in [0.29, 0.717) is 54.5 Å². The molecule has 0 spiro atoms. The Hall–Kier alpha value is -3.32. The summed E-state index contributed by atoms with van der Waals surface area (Å²) in [5, 5.41) is 3.14. The monoisotopic (exact) mass is 438 g/mol. The van der Waals surface area contributed by atoms with Crippen molar-refractivity contribution in [3.8, 4) is 11.5 Å². The minimum atomic E-state index is -0.350. The maximum Gasteiger partial charge on any atom is 0.278 e. The summed E-state index contributed by atoms with van der Waals surface area (Å²) < 4.78 is 16.2. The number of carbonyl (C=O) groups is 2. The quantitative estimate of drug-likeness (QED) is 0.397. The maximum atomic E-state index is 13.2. The van der Waals surface area contributed by atoms with Gasteiger partial charge in [-0.1, -0.05) is 43.7 Å². The predicted octanol–water partition coefficient (Wildman–Crippen LogP) is 4.10. The third-order valence-corrected chi connectivity index (χ3v) is 5.20. The molecular weight excluding hydrogens is 408 g/mol. The van der Waals surface area contributed by atoms with E-state index in [4.69, 9.17) is 14.2 Å². The van der Waals surface area contributed by atoms with Crippen LogP contribution in [0.5, 0.6) is 11.5 Å². The molecule has 0 aliphatic carbocycles. The second-order valence-electron chi connectivity index (χ2n) is 7.39. The maximum absolute atomic E-state index is 13.2. The van der Waals surface area contributed by atoms with Gasteiger partial charge in [-0.3, -0.25) is 14.5 Å². The summed E-state index contributed by atoms with van der Waals surface area (Å²) in [6.07, 6.45) is 2.66. The molecule has 0 saturated heterocycles. The third kappa shape index (κ3) is 5.29. The second-order valence-corrected chi connectivity index (χ2v) is 7.39. The van der Waals surface area contributed by atoms with Crippen LogP contribution < -0.4 is 14.8 Å². The fourth-order valence-electron chi connectivity index (χ4n) is 3.50. The van der Waals surface area contributed by atoms with Crippen LogP contribution in [0, 0.1) is 0 Å². The van der Waals surface area contributed by atoms with Crippen LogP contribution in [0.25, 0.3) is 5.57 Å². The number of amides is 2. The third-order valence-electron chi connectivity index (χ3n) is 5.20. The first-order chi connectivity index (χ1) is 15.6. The number of benzene rings is 2. The van der Waals surface area contributed by atoms with Gasteiger partial charge in [-0.15, -0.1) is 0 Å². The van der Waals surface area contributed by atoms with Crippen LogP contribution in [-0.2, 0) is 14.3 Å². The lowest BCUT2D eigenvalue weighted by Gasteiger charge is -2.15. The molecule has 1 N–H and O–H groups in total. The van der Waals surface area contributed by atoms with E-state index in [1.54, 1.807) is 32.4 Å². The van der Waals surface area contributed by atoms with Crippen LogP contribution in [0.15, 0.2) is 54.2 Å². The fourth-order valence-corrected chi connectivity index (χ4v) is 3.50. The van der Waals surface area contributed by atoms with E-state index in [1.165, 1.54) is 4.90 Å². The Kier molecular flexibility index (Phi) is 8.27. The van der Waals surface area contributed by atoms with Crippen molar-refractivity contribution in [2.45, 2.75) is 26.2 Å². The Morgan fingerprint density at radius 2 is 1.59 bits per heavy atom. The molecule has 170 valence electrons. The Labute approximate surface area is 189 Å². The average molecular weight is 439 g/mol. The molecule has 0 bridgehead atoms. The van der Waals surface area contributed by atoms with Crippen LogP contribution in [0.4, 0.5) is 5.69 Å². The molecule has 1 aliphatic rings. The van der Waals surface area contributed by atoms with Gasteiger partial charge in [0.05, 0.1) is 19.8 Å². The Bertz CT molecular complexity index is 972. The van der Waals surface area contributed by atoms with Crippen molar-refractivity contribution in [1.82, 2.24) is 4.90 Å². The average Bonchev–Trinajstić information content (AvgIpc) is 3.05. The predicted molar refractivity (Wildman–Crippen MR) is 124 cm³/mol. The van der Waals surface area contributed by atoms with Crippen LogP contribution in [0.3, 0.4) is 0 Å². The van der Waals surface area contributed by atoms with E-state index in [-0.39, 0.29) is 17.5 Å². The number of unbranched alkanes of at least 4 members (excludes halogenated alkanes) is 1. The molecule has 1 aliphatic heterocycles. The molecule has 0 aromatic heterocycles. The lowest BCUT2D eigenvalue weighted by Crippen LogP contribution is -2.34. The molecule has 7 nitrogen and oxygen atoms in total. The summed E-state index contributed by atoms with van der Waals surface area (Å²) in [6.45, 7) is 3.61. The van der Waals surface area contributed by atoms with E-state index in [1.807, 2.05) is 30.3 Å². The first-order valence-corrected chi connectivity index (χ1v) is 10.8. The summed E-state index contributed by atoms with van der Waals surface area (Å²) in [4.78, 5) is 27.8. The topological polar surface area (TPSA) is 77.1 Å². The van der Waals surface area contributed by atoms with Gasteiger partial charge in [0.2, 0.25) is 0 Å². The van der Waals surface area contributed by atoms with E-state index in [2.05, 4.69) is 12.2 Å². The number of imide groups is 1. The molecule has 2 amide bonds. The van der Waals surface area contributed by atoms with Gasteiger partial charge in [-0.25, -0.2) is 0 Å². The molecule has 2 aromatic carbocycles. The minimum absolute atomic E-state index is 0.250. The summed E-state index contributed by atoms with van der Waals surface area (Å²) in [5.74, 6) is 0.445. The summed E-state index contributed by atoms with van der Waals surface area (Å²) in [7, 11) is 3.11. The molecular formula is C25H30N2O5. The molecule has 32 heavy (non-hydrogen) atoms. The largest absolute Gasteiger partial charge is 0.493 e. The summed E-state index contributed by atoms with van der Waals surface area (Å²) in [5.41, 5.74) is 1.92. The van der Waals surface area contributed by atoms with Gasteiger partial charge in [-0.2, -0.15) is 0 Å². The van der Waals surface area contributed by atoms with Crippen LogP contribution in [-0.4, -0.2) is 50.7 Å². The number of hydrogen-bond donors (Lipinski definition) is 1. The van der Waals surface area contributed by atoms with Crippen LogP contribution in [0.2, 0.25) is 0 Å². The summed E-state index contributed by atoms with van der Waals surface area (Å²) >= 11 is 0. The van der Waals surface area contributed by atoms with Gasteiger partial charge in [-0.05, 0) is 30.5 Å². The lowest BCUT2D eigenvalue weighted by atomic mass is 10.0. The van der Waals surface area contributed by atoms with Crippen molar-refractivity contribution >= 4 is 23.1 Å². The van der Waals surface area contributed by atoms with Crippen molar-refractivity contribution in [1.29, 1.82) is 0 Å². The highest BCUT2D eigenvalue weighted by molar-refractivity contribution is 6.36. The fraction of sp³-hybridized carbons (Fsp3) is 0.360. The van der Waals surface area contributed by atoms with E-state index in [0.717, 1.165) is 12.8 Å². The number of hydrogen-bond acceptors (Lipinski definition) is 6. The van der Waals surface area contributed by atoms with E-state index in [9.17, 15) is 9.59 Å². The van der Waals surface area contributed by atoms with Crippen molar-refractivity contribution in [3.63, 3.8) is 0 Å². The van der Waals surface area contributed by atoms with E-state index >= 15 is 0 Å². The lowest BCUT2D eigenvalue weighted by molar-refractivity contribution is -0.137. The van der Waals surface area contributed by atoms with Crippen molar-refractivity contribution < 1.29 is 23.8 Å². The minimum Gasteiger partial charge on any atom is -0.493 e. The molecule has 7 heteroatoms. The highest BCUT2D eigenvalue weighted by Gasteiger charge is 2.38. The molecule has 0 radical (unpaired) electrons. The zero-order valence-corrected chi connectivity index (χ0v) is 18.8. The van der Waals surface area contributed by atoms with Crippen LogP contribution in [0.1, 0.15) is 31.7 Å². The Morgan fingerprint density at radius 3 is 2.28 bits per heavy atom. The first kappa shape index (κ1) is 23.3. The number of nitrogens with one attached hydrogen (secondary N) is 1. The Morgan fingerprint density at radius 1 is 0.875 bits per heavy atom. The highest BCUT2D eigenvalue weighted by Crippen LogP contribution is 2.34. The van der Waals surface area contributed by atoms with Crippen molar-refractivity contribution in [3.05, 3.63) is 59.8 Å². The number of methoxy groups -OCH3 is 2. The summed E-state index contributed by atoms with van der Waals surface area (Å²) in [6, 6.07) is 14.5. The molecule has 3 rings (SSSR count). The number of carbonyl (C=O) groups excluding carboxylic acids is 2. The van der Waals surface area contributed by atoms with Gasteiger partial charge in [0.1, 0.15) is 5.70 Å². The molecule has 1 heterocycles. The van der Waals surface area contributed by atoms with Gasteiger partial charge in [0, 0.05) is 31.5 Å². The molecule has 0 fully saturated rings. The zero-order valence-electron chi connectivity index (χ0n) is 18.8. The zero-order chi connectivity index (χ0) is 22.9. The van der Waals surface area contributed by atoms with Crippen molar-refractivity contribution in [2.24, 2.45) is 0 Å². The second kappa shape index (κ2) is 11.3. The molecule has 0 unspecified atom stereocenters. The highest BCUT2D eigenvalue weighted by atomic mass is 16.5. The molecule has 0 atom stereocenters.